The van der Waals surface area contributed by atoms with Gasteiger partial charge in [-0.2, -0.15) is 0 Å². The third-order valence-electron chi connectivity index (χ3n) is 4.19. The minimum atomic E-state index is 0.320. The van der Waals surface area contributed by atoms with E-state index < -0.39 is 0 Å². The van der Waals surface area contributed by atoms with Crippen molar-refractivity contribution in [1.82, 2.24) is 5.32 Å². The Morgan fingerprint density at radius 1 is 1.14 bits per heavy atom. The number of benzene rings is 1. The Balaban J connectivity index is 1.86. The summed E-state index contributed by atoms with van der Waals surface area (Å²) in [6, 6.07) is 6.70. The van der Waals surface area contributed by atoms with Crippen molar-refractivity contribution in [1.29, 1.82) is 0 Å². The summed E-state index contributed by atoms with van der Waals surface area (Å²) >= 11 is 0. The van der Waals surface area contributed by atoms with E-state index >= 15 is 0 Å². The van der Waals surface area contributed by atoms with E-state index in [-0.39, 0.29) is 0 Å². The summed E-state index contributed by atoms with van der Waals surface area (Å²) < 4.78 is 11.4. The summed E-state index contributed by atoms with van der Waals surface area (Å²) in [6.45, 7) is 4.54. The number of rotatable bonds is 5. The lowest BCUT2D eigenvalue weighted by molar-refractivity contribution is 0.171. The smallest absolute Gasteiger partial charge is 0.161 e. The molecule has 1 aliphatic heterocycles. The molecule has 1 aromatic rings. The second kappa shape index (κ2) is 6.99. The summed E-state index contributed by atoms with van der Waals surface area (Å²) in [5.41, 5.74) is 2.83. The molecular formula is C18H25NO2. The molecule has 1 N–H and O–H groups in total. The van der Waals surface area contributed by atoms with Crippen LogP contribution in [-0.4, -0.2) is 19.8 Å². The van der Waals surface area contributed by atoms with E-state index in [1.807, 2.05) is 6.07 Å². The first-order valence-corrected chi connectivity index (χ1v) is 8.20. The summed E-state index contributed by atoms with van der Waals surface area (Å²) in [6.07, 6.45) is 8.62. The molecule has 3 nitrogen and oxygen atoms in total. The standard InChI is InChI=1S/C18H25NO2/c1-2-10-19-18(14-6-4-3-5-7-14)15-8-9-16-17(13-15)21-12-11-20-16/h6,8-9,13,18-19H,2-5,7,10-12H2,1H3. The monoisotopic (exact) mass is 287 g/mol. The van der Waals surface area contributed by atoms with Crippen molar-refractivity contribution in [3.05, 3.63) is 35.4 Å². The van der Waals surface area contributed by atoms with Gasteiger partial charge in [0.15, 0.2) is 11.5 Å². The molecule has 114 valence electrons. The van der Waals surface area contributed by atoms with E-state index in [0.717, 1.165) is 24.5 Å². The predicted molar refractivity (Wildman–Crippen MR) is 85.0 cm³/mol. The lowest BCUT2D eigenvalue weighted by Gasteiger charge is -2.26. The summed E-state index contributed by atoms with van der Waals surface area (Å²) in [5.74, 6) is 1.76. The number of allylic oxidation sites excluding steroid dienone is 1. The van der Waals surface area contributed by atoms with Crippen molar-refractivity contribution in [2.45, 2.75) is 45.1 Å². The molecule has 0 radical (unpaired) electrons. The highest BCUT2D eigenvalue weighted by Crippen LogP contribution is 2.36. The molecule has 0 fully saturated rings. The van der Waals surface area contributed by atoms with Crippen LogP contribution in [0.5, 0.6) is 11.5 Å². The molecule has 3 heteroatoms. The van der Waals surface area contributed by atoms with Crippen LogP contribution in [0, 0.1) is 0 Å². The van der Waals surface area contributed by atoms with Crippen LogP contribution < -0.4 is 14.8 Å². The molecule has 3 rings (SSSR count). The second-order valence-corrected chi connectivity index (χ2v) is 5.82. The molecule has 1 unspecified atom stereocenters. The van der Waals surface area contributed by atoms with Crippen molar-refractivity contribution in [3.8, 4) is 11.5 Å². The lowest BCUT2D eigenvalue weighted by Crippen LogP contribution is -2.25. The Kier molecular flexibility index (Phi) is 4.81. The minimum absolute atomic E-state index is 0.320. The van der Waals surface area contributed by atoms with Crippen LogP contribution in [0.25, 0.3) is 0 Å². The van der Waals surface area contributed by atoms with Gasteiger partial charge in [-0.25, -0.2) is 0 Å². The first-order valence-electron chi connectivity index (χ1n) is 8.20. The van der Waals surface area contributed by atoms with Gasteiger partial charge in [-0.3, -0.25) is 0 Å². The first kappa shape index (κ1) is 14.5. The zero-order chi connectivity index (χ0) is 14.5. The van der Waals surface area contributed by atoms with Crippen LogP contribution in [-0.2, 0) is 0 Å². The average Bonchev–Trinajstić information content (AvgIpc) is 2.56. The van der Waals surface area contributed by atoms with Crippen LogP contribution in [0.15, 0.2) is 29.8 Å². The molecule has 0 aromatic heterocycles. The van der Waals surface area contributed by atoms with E-state index in [1.165, 1.54) is 36.8 Å². The fraction of sp³-hybridized carbons (Fsp3) is 0.556. The maximum absolute atomic E-state index is 5.73. The summed E-state index contributed by atoms with van der Waals surface area (Å²) in [4.78, 5) is 0. The molecule has 0 saturated heterocycles. The SMILES string of the molecule is CCCNC(C1=CCCCC1)c1ccc2c(c1)OCCO2. The van der Waals surface area contributed by atoms with E-state index in [2.05, 4.69) is 30.4 Å². The van der Waals surface area contributed by atoms with Gasteiger partial charge in [-0.05, 0) is 56.3 Å². The third kappa shape index (κ3) is 3.41. The number of fused-ring (bicyclic) bond motifs is 1. The maximum atomic E-state index is 5.73. The predicted octanol–water partition coefficient (Wildman–Crippen LogP) is 4.00. The van der Waals surface area contributed by atoms with E-state index in [0.29, 0.717) is 19.3 Å². The Bertz CT molecular complexity index is 510. The fourth-order valence-electron chi connectivity index (χ4n) is 3.12. The van der Waals surface area contributed by atoms with Gasteiger partial charge in [0, 0.05) is 0 Å². The topological polar surface area (TPSA) is 30.5 Å². The van der Waals surface area contributed by atoms with Crippen LogP contribution >= 0.6 is 0 Å². The van der Waals surface area contributed by atoms with Crippen molar-refractivity contribution < 1.29 is 9.47 Å². The molecule has 1 aromatic carbocycles. The van der Waals surface area contributed by atoms with E-state index in [9.17, 15) is 0 Å². The Hall–Kier alpha value is -1.48. The van der Waals surface area contributed by atoms with Crippen molar-refractivity contribution in [2.24, 2.45) is 0 Å². The van der Waals surface area contributed by atoms with Gasteiger partial charge >= 0.3 is 0 Å². The van der Waals surface area contributed by atoms with Gasteiger partial charge in [-0.15, -0.1) is 0 Å². The Morgan fingerprint density at radius 3 is 2.76 bits per heavy atom. The first-order chi connectivity index (χ1) is 10.4. The van der Waals surface area contributed by atoms with Gasteiger partial charge in [0.25, 0.3) is 0 Å². The highest BCUT2D eigenvalue weighted by atomic mass is 16.6. The zero-order valence-corrected chi connectivity index (χ0v) is 12.9. The number of nitrogens with one attached hydrogen (secondary N) is 1. The fourth-order valence-corrected chi connectivity index (χ4v) is 3.12. The third-order valence-corrected chi connectivity index (χ3v) is 4.19. The quantitative estimate of drug-likeness (QED) is 0.830. The summed E-state index contributed by atoms with van der Waals surface area (Å²) in [5, 5.41) is 3.70. The molecule has 0 bridgehead atoms. The lowest BCUT2D eigenvalue weighted by atomic mass is 9.89. The molecule has 0 spiro atoms. The second-order valence-electron chi connectivity index (χ2n) is 5.82. The molecule has 0 saturated carbocycles. The van der Waals surface area contributed by atoms with Crippen molar-refractivity contribution in [2.75, 3.05) is 19.8 Å². The van der Waals surface area contributed by atoms with Crippen LogP contribution in [0.2, 0.25) is 0 Å². The molecule has 1 aliphatic carbocycles. The molecule has 21 heavy (non-hydrogen) atoms. The van der Waals surface area contributed by atoms with E-state index in [4.69, 9.17) is 9.47 Å². The zero-order valence-electron chi connectivity index (χ0n) is 12.9. The maximum Gasteiger partial charge on any atom is 0.161 e. The normalized spacial score (nSPS) is 19.0. The van der Waals surface area contributed by atoms with Crippen LogP contribution in [0.3, 0.4) is 0 Å². The molecule has 1 atom stereocenters. The average molecular weight is 287 g/mol. The largest absolute Gasteiger partial charge is 0.486 e. The highest BCUT2D eigenvalue weighted by Gasteiger charge is 2.20. The van der Waals surface area contributed by atoms with Gasteiger partial charge in [-0.1, -0.05) is 24.6 Å². The van der Waals surface area contributed by atoms with Crippen molar-refractivity contribution >= 4 is 0 Å². The van der Waals surface area contributed by atoms with Gasteiger partial charge in [0.05, 0.1) is 6.04 Å². The molecule has 1 heterocycles. The highest BCUT2D eigenvalue weighted by molar-refractivity contribution is 5.46. The van der Waals surface area contributed by atoms with Crippen LogP contribution in [0.1, 0.15) is 50.6 Å². The van der Waals surface area contributed by atoms with Gasteiger partial charge in [0.2, 0.25) is 0 Å². The molecular weight excluding hydrogens is 262 g/mol. The van der Waals surface area contributed by atoms with Crippen LogP contribution in [0.4, 0.5) is 0 Å². The Morgan fingerprint density at radius 2 is 2.00 bits per heavy atom. The molecule has 2 aliphatic rings. The van der Waals surface area contributed by atoms with Crippen molar-refractivity contribution in [3.63, 3.8) is 0 Å². The van der Waals surface area contributed by atoms with E-state index in [1.54, 1.807) is 0 Å². The Labute approximate surface area is 127 Å². The minimum Gasteiger partial charge on any atom is -0.486 e. The number of hydrogen-bond donors (Lipinski definition) is 1. The number of ether oxygens (including phenoxy) is 2. The summed E-state index contributed by atoms with van der Waals surface area (Å²) in [7, 11) is 0. The number of hydrogen-bond acceptors (Lipinski definition) is 3. The molecule has 0 amide bonds. The van der Waals surface area contributed by atoms with Gasteiger partial charge in [0.1, 0.15) is 13.2 Å². The van der Waals surface area contributed by atoms with Gasteiger partial charge < -0.3 is 14.8 Å².